The third-order valence-corrected chi connectivity index (χ3v) is 5.51. The standard InChI is InChI=1S/C21H32N4O3.2ClH/c1-17(26)25-13-11-24(12-14-25)15-16-28-19-6-4-18(5-7-19)8-10-23-21(27)20-3-2-9-22-20;;/h4-7,20,22H,2-3,8-16H2,1H3,(H,23,27);2*1H. The molecule has 2 fully saturated rings. The van der Waals surface area contributed by atoms with E-state index >= 15 is 0 Å². The highest BCUT2D eigenvalue weighted by atomic mass is 35.5. The van der Waals surface area contributed by atoms with Gasteiger partial charge in [0.2, 0.25) is 11.8 Å². The molecule has 0 aromatic heterocycles. The molecule has 2 saturated heterocycles. The Bertz CT molecular complexity index is 646. The van der Waals surface area contributed by atoms with Gasteiger partial charge in [-0.05, 0) is 43.5 Å². The van der Waals surface area contributed by atoms with Crippen LogP contribution < -0.4 is 15.4 Å². The Labute approximate surface area is 191 Å². The van der Waals surface area contributed by atoms with E-state index in [0.717, 1.165) is 64.3 Å². The number of carbonyl (C=O) groups is 2. The van der Waals surface area contributed by atoms with Crippen molar-refractivity contribution in [3.63, 3.8) is 0 Å². The van der Waals surface area contributed by atoms with Crippen molar-refractivity contribution in [3.8, 4) is 5.75 Å². The summed E-state index contributed by atoms with van der Waals surface area (Å²) in [5.74, 6) is 1.14. The number of nitrogens with zero attached hydrogens (tertiary/aromatic N) is 2. The monoisotopic (exact) mass is 460 g/mol. The lowest BCUT2D eigenvalue weighted by molar-refractivity contribution is -0.130. The number of benzene rings is 1. The van der Waals surface area contributed by atoms with Crippen molar-refractivity contribution in [2.24, 2.45) is 0 Å². The van der Waals surface area contributed by atoms with Crippen LogP contribution in [0, 0.1) is 0 Å². The van der Waals surface area contributed by atoms with E-state index in [2.05, 4.69) is 27.7 Å². The fourth-order valence-electron chi connectivity index (χ4n) is 3.69. The van der Waals surface area contributed by atoms with Gasteiger partial charge in [-0.3, -0.25) is 14.5 Å². The predicted octanol–water partition coefficient (Wildman–Crippen LogP) is 1.48. The highest BCUT2D eigenvalue weighted by Gasteiger charge is 2.21. The van der Waals surface area contributed by atoms with Crippen LogP contribution in [0.2, 0.25) is 0 Å². The van der Waals surface area contributed by atoms with Gasteiger partial charge < -0.3 is 20.3 Å². The van der Waals surface area contributed by atoms with E-state index in [1.54, 1.807) is 6.92 Å². The van der Waals surface area contributed by atoms with E-state index in [1.165, 1.54) is 5.56 Å². The van der Waals surface area contributed by atoms with Crippen LogP contribution in [0.4, 0.5) is 0 Å². The SMILES string of the molecule is CC(=O)N1CCN(CCOc2ccc(CCNC(=O)C3CCCN3)cc2)CC1.Cl.Cl. The highest BCUT2D eigenvalue weighted by molar-refractivity contribution is 5.85. The molecule has 1 atom stereocenters. The van der Waals surface area contributed by atoms with Crippen LogP contribution in [-0.2, 0) is 16.0 Å². The molecule has 7 nitrogen and oxygen atoms in total. The third-order valence-electron chi connectivity index (χ3n) is 5.51. The molecular formula is C21H34Cl2N4O3. The summed E-state index contributed by atoms with van der Waals surface area (Å²) in [5.41, 5.74) is 1.19. The molecule has 170 valence electrons. The number of hydrogen-bond donors (Lipinski definition) is 2. The van der Waals surface area contributed by atoms with Crippen molar-refractivity contribution in [3.05, 3.63) is 29.8 Å². The average molecular weight is 461 g/mol. The van der Waals surface area contributed by atoms with Crippen molar-refractivity contribution in [1.82, 2.24) is 20.4 Å². The number of piperazine rings is 1. The smallest absolute Gasteiger partial charge is 0.237 e. The van der Waals surface area contributed by atoms with Gasteiger partial charge in [0.1, 0.15) is 12.4 Å². The summed E-state index contributed by atoms with van der Waals surface area (Å²) in [6.45, 7) is 8.15. The molecule has 0 aliphatic carbocycles. The van der Waals surface area contributed by atoms with Gasteiger partial charge in [0, 0.05) is 46.2 Å². The van der Waals surface area contributed by atoms with E-state index in [0.29, 0.717) is 13.2 Å². The zero-order chi connectivity index (χ0) is 19.8. The van der Waals surface area contributed by atoms with E-state index in [4.69, 9.17) is 4.74 Å². The Hall–Kier alpha value is -1.54. The van der Waals surface area contributed by atoms with Gasteiger partial charge in [-0.2, -0.15) is 0 Å². The zero-order valence-electron chi connectivity index (χ0n) is 17.6. The largest absolute Gasteiger partial charge is 0.492 e. The summed E-state index contributed by atoms with van der Waals surface area (Å²) in [7, 11) is 0. The van der Waals surface area contributed by atoms with Gasteiger partial charge in [0.25, 0.3) is 0 Å². The van der Waals surface area contributed by atoms with Gasteiger partial charge in [0.05, 0.1) is 6.04 Å². The number of carbonyl (C=O) groups excluding carboxylic acids is 2. The molecule has 0 bridgehead atoms. The molecule has 2 N–H and O–H groups in total. The lowest BCUT2D eigenvalue weighted by atomic mass is 10.1. The second kappa shape index (κ2) is 13.7. The third kappa shape index (κ3) is 8.30. The molecular weight excluding hydrogens is 427 g/mol. The molecule has 2 aliphatic heterocycles. The Balaban J connectivity index is 0.00000225. The molecule has 2 amide bonds. The van der Waals surface area contributed by atoms with E-state index in [-0.39, 0.29) is 42.7 Å². The first-order valence-corrected chi connectivity index (χ1v) is 10.3. The lowest BCUT2D eigenvalue weighted by Crippen LogP contribution is -2.48. The minimum Gasteiger partial charge on any atom is -0.492 e. The normalized spacial score (nSPS) is 18.8. The first-order chi connectivity index (χ1) is 13.6. The Morgan fingerprint density at radius 2 is 1.83 bits per heavy atom. The maximum Gasteiger partial charge on any atom is 0.237 e. The van der Waals surface area contributed by atoms with Crippen LogP contribution in [0.3, 0.4) is 0 Å². The minimum absolute atomic E-state index is 0. The summed E-state index contributed by atoms with van der Waals surface area (Å²) in [4.78, 5) is 27.5. The second-order valence-corrected chi connectivity index (χ2v) is 7.53. The maximum atomic E-state index is 12.0. The molecule has 0 radical (unpaired) electrons. The number of amides is 2. The second-order valence-electron chi connectivity index (χ2n) is 7.53. The molecule has 3 rings (SSSR count). The molecule has 1 aromatic rings. The molecule has 0 saturated carbocycles. The van der Waals surface area contributed by atoms with Crippen LogP contribution in [0.25, 0.3) is 0 Å². The summed E-state index contributed by atoms with van der Waals surface area (Å²) >= 11 is 0. The number of nitrogens with one attached hydrogen (secondary N) is 2. The average Bonchev–Trinajstić information content (AvgIpc) is 3.24. The van der Waals surface area contributed by atoms with Gasteiger partial charge in [0.15, 0.2) is 0 Å². The summed E-state index contributed by atoms with van der Waals surface area (Å²) in [6, 6.07) is 8.08. The van der Waals surface area contributed by atoms with Crippen molar-refractivity contribution in [2.45, 2.75) is 32.2 Å². The van der Waals surface area contributed by atoms with Crippen molar-refractivity contribution < 1.29 is 14.3 Å². The summed E-state index contributed by atoms with van der Waals surface area (Å²) in [5, 5.41) is 6.22. The molecule has 30 heavy (non-hydrogen) atoms. The van der Waals surface area contributed by atoms with Crippen molar-refractivity contribution in [1.29, 1.82) is 0 Å². The van der Waals surface area contributed by atoms with Crippen LogP contribution >= 0.6 is 24.8 Å². The van der Waals surface area contributed by atoms with Crippen LogP contribution in [-0.4, -0.2) is 80.1 Å². The van der Waals surface area contributed by atoms with E-state index in [9.17, 15) is 9.59 Å². The van der Waals surface area contributed by atoms with Gasteiger partial charge in [-0.25, -0.2) is 0 Å². The number of ether oxygens (including phenoxy) is 1. The zero-order valence-corrected chi connectivity index (χ0v) is 19.2. The highest BCUT2D eigenvalue weighted by Crippen LogP contribution is 2.13. The topological polar surface area (TPSA) is 73.9 Å². The number of rotatable bonds is 8. The Kier molecular flexibility index (Phi) is 12.1. The molecule has 2 aliphatic rings. The maximum absolute atomic E-state index is 12.0. The molecule has 9 heteroatoms. The van der Waals surface area contributed by atoms with E-state index < -0.39 is 0 Å². The minimum atomic E-state index is -0.0128. The van der Waals surface area contributed by atoms with Crippen LogP contribution in [0.1, 0.15) is 25.3 Å². The van der Waals surface area contributed by atoms with Crippen LogP contribution in [0.5, 0.6) is 5.75 Å². The van der Waals surface area contributed by atoms with Crippen molar-refractivity contribution >= 4 is 36.6 Å². The summed E-state index contributed by atoms with van der Waals surface area (Å²) < 4.78 is 5.85. The molecule has 0 spiro atoms. The Morgan fingerprint density at radius 3 is 2.43 bits per heavy atom. The molecule has 1 aromatic carbocycles. The van der Waals surface area contributed by atoms with E-state index in [1.807, 2.05) is 17.0 Å². The van der Waals surface area contributed by atoms with Gasteiger partial charge in [-0.15, -0.1) is 24.8 Å². The Morgan fingerprint density at radius 1 is 1.13 bits per heavy atom. The number of halogens is 2. The molecule has 2 heterocycles. The van der Waals surface area contributed by atoms with Crippen LogP contribution in [0.15, 0.2) is 24.3 Å². The van der Waals surface area contributed by atoms with Gasteiger partial charge in [-0.1, -0.05) is 12.1 Å². The quantitative estimate of drug-likeness (QED) is 0.614. The fraction of sp³-hybridized carbons (Fsp3) is 0.619. The fourth-order valence-corrected chi connectivity index (χ4v) is 3.69. The first-order valence-electron chi connectivity index (χ1n) is 10.3. The van der Waals surface area contributed by atoms with Gasteiger partial charge >= 0.3 is 0 Å². The number of hydrogen-bond acceptors (Lipinski definition) is 5. The summed E-state index contributed by atoms with van der Waals surface area (Å²) in [6.07, 6.45) is 2.83. The van der Waals surface area contributed by atoms with Crippen molar-refractivity contribution in [2.75, 3.05) is 52.4 Å². The predicted molar refractivity (Wildman–Crippen MR) is 123 cm³/mol. The first kappa shape index (κ1) is 26.5. The lowest BCUT2D eigenvalue weighted by Gasteiger charge is -2.34. The molecule has 1 unspecified atom stereocenters.